The van der Waals surface area contributed by atoms with E-state index in [4.69, 9.17) is 4.74 Å². The van der Waals surface area contributed by atoms with E-state index in [0.29, 0.717) is 45.0 Å². The van der Waals surface area contributed by atoms with Crippen LogP contribution in [0.5, 0.6) is 0 Å². The second-order valence-electron chi connectivity index (χ2n) is 8.95. The maximum atomic E-state index is 13.1. The predicted octanol–water partition coefficient (Wildman–Crippen LogP) is 1.78. The third kappa shape index (κ3) is 5.34. The van der Waals surface area contributed by atoms with Crippen molar-refractivity contribution >= 4 is 22.0 Å². The van der Waals surface area contributed by atoms with Crippen LogP contribution in [0.3, 0.4) is 0 Å². The van der Waals surface area contributed by atoms with E-state index in [2.05, 4.69) is 0 Å². The van der Waals surface area contributed by atoms with E-state index in [1.165, 1.54) is 10.6 Å². The molecular weight excluding hydrogens is 408 g/mol. The topological polar surface area (TPSA) is 92.2 Å². The summed E-state index contributed by atoms with van der Waals surface area (Å²) in [4.78, 5) is 28.8. The Morgan fingerprint density at radius 3 is 2.13 bits per heavy atom. The molecule has 2 fully saturated rings. The van der Waals surface area contributed by atoms with Crippen LogP contribution in [-0.2, 0) is 14.8 Å². The van der Waals surface area contributed by atoms with Crippen molar-refractivity contribution in [3.05, 3.63) is 24.0 Å². The molecule has 0 radical (unpaired) electrons. The van der Waals surface area contributed by atoms with Gasteiger partial charge in [0.25, 0.3) is 5.91 Å². The van der Waals surface area contributed by atoms with E-state index < -0.39 is 15.6 Å². The van der Waals surface area contributed by atoms with Crippen LogP contribution in [0.4, 0.5) is 4.79 Å². The summed E-state index contributed by atoms with van der Waals surface area (Å²) in [7, 11) is -3.23. The lowest BCUT2D eigenvalue weighted by Gasteiger charge is -2.36. The Morgan fingerprint density at radius 1 is 1.00 bits per heavy atom. The zero-order valence-corrected chi connectivity index (χ0v) is 19.0. The Kier molecular flexibility index (Phi) is 6.47. The van der Waals surface area contributed by atoms with Gasteiger partial charge in [0.1, 0.15) is 11.3 Å². The van der Waals surface area contributed by atoms with Crippen molar-refractivity contribution < 1.29 is 22.7 Å². The van der Waals surface area contributed by atoms with Crippen LogP contribution in [-0.4, -0.2) is 90.2 Å². The Hall–Kier alpha value is -2.07. The molecule has 0 aromatic carbocycles. The van der Waals surface area contributed by atoms with Crippen LogP contribution in [0.15, 0.2) is 18.3 Å². The minimum absolute atomic E-state index is 0.0808. The molecule has 0 spiro atoms. The van der Waals surface area contributed by atoms with Gasteiger partial charge in [-0.1, -0.05) is 0 Å². The van der Waals surface area contributed by atoms with Gasteiger partial charge in [-0.3, -0.25) is 4.79 Å². The molecule has 10 heteroatoms. The van der Waals surface area contributed by atoms with Gasteiger partial charge in [0, 0.05) is 51.5 Å². The number of piperazine rings is 1. The van der Waals surface area contributed by atoms with Gasteiger partial charge in [0.2, 0.25) is 10.0 Å². The summed E-state index contributed by atoms with van der Waals surface area (Å²) in [5.41, 5.74) is 0.0910. The number of hydrogen-bond acceptors (Lipinski definition) is 5. The summed E-state index contributed by atoms with van der Waals surface area (Å²) in [5.74, 6) is -0.0808. The summed E-state index contributed by atoms with van der Waals surface area (Å²) in [5, 5.41) is 0. The van der Waals surface area contributed by atoms with E-state index in [1.54, 1.807) is 9.80 Å². The van der Waals surface area contributed by atoms with E-state index in [1.807, 2.05) is 43.7 Å². The minimum Gasteiger partial charge on any atom is -0.444 e. The molecule has 9 nitrogen and oxygen atoms in total. The van der Waals surface area contributed by atoms with E-state index in [0.717, 1.165) is 12.8 Å². The molecule has 1 aromatic rings. The fraction of sp³-hybridized carbons (Fsp3) is 0.700. The smallest absolute Gasteiger partial charge is 0.410 e. The third-order valence-corrected chi connectivity index (χ3v) is 6.81. The molecule has 2 aliphatic heterocycles. The molecular formula is C20H32N4O5S. The first-order chi connectivity index (χ1) is 14.0. The van der Waals surface area contributed by atoms with Gasteiger partial charge in [-0.25, -0.2) is 13.2 Å². The van der Waals surface area contributed by atoms with Crippen molar-refractivity contribution in [3.63, 3.8) is 0 Å². The number of rotatable bonds is 3. The molecule has 2 amide bonds. The van der Waals surface area contributed by atoms with Gasteiger partial charge < -0.3 is 19.1 Å². The third-order valence-electron chi connectivity index (χ3n) is 5.50. The highest BCUT2D eigenvalue weighted by atomic mass is 32.2. The summed E-state index contributed by atoms with van der Waals surface area (Å²) >= 11 is 0. The van der Waals surface area contributed by atoms with Gasteiger partial charge in [0.15, 0.2) is 0 Å². The number of ether oxygens (including phenoxy) is 1. The molecule has 0 bridgehead atoms. The van der Waals surface area contributed by atoms with Crippen LogP contribution in [0.1, 0.15) is 50.1 Å². The van der Waals surface area contributed by atoms with E-state index in [9.17, 15) is 18.0 Å². The number of amides is 2. The highest BCUT2D eigenvalue weighted by Gasteiger charge is 2.31. The van der Waals surface area contributed by atoms with Crippen LogP contribution in [0.25, 0.3) is 0 Å². The molecule has 0 aliphatic carbocycles. The van der Waals surface area contributed by atoms with Gasteiger partial charge in [-0.15, -0.1) is 0 Å². The molecule has 0 unspecified atom stereocenters. The molecule has 3 heterocycles. The number of aromatic nitrogens is 1. The summed E-state index contributed by atoms with van der Waals surface area (Å²) in [6.07, 6.45) is 4.30. The molecule has 2 aliphatic rings. The van der Waals surface area contributed by atoms with Crippen molar-refractivity contribution in [2.45, 2.75) is 45.3 Å². The first-order valence-corrected chi connectivity index (χ1v) is 12.2. The Bertz CT molecular complexity index is 873. The Labute approximate surface area is 178 Å². The van der Waals surface area contributed by atoms with Crippen molar-refractivity contribution in [1.29, 1.82) is 0 Å². The van der Waals surface area contributed by atoms with Crippen molar-refractivity contribution in [3.8, 4) is 0 Å². The maximum absolute atomic E-state index is 13.1. The van der Waals surface area contributed by atoms with E-state index in [-0.39, 0.29) is 18.0 Å². The number of likely N-dealkylation sites (tertiary alicyclic amines) is 1. The monoisotopic (exact) mass is 440 g/mol. The highest BCUT2D eigenvalue weighted by molar-refractivity contribution is 7.88. The summed E-state index contributed by atoms with van der Waals surface area (Å²) < 4.78 is 32.2. The quantitative estimate of drug-likeness (QED) is 0.714. The molecule has 0 saturated carbocycles. The zero-order valence-electron chi connectivity index (χ0n) is 18.2. The predicted molar refractivity (Wildman–Crippen MR) is 113 cm³/mol. The van der Waals surface area contributed by atoms with Gasteiger partial charge >= 0.3 is 6.09 Å². The largest absolute Gasteiger partial charge is 0.444 e. The van der Waals surface area contributed by atoms with Gasteiger partial charge in [-0.05, 0) is 45.7 Å². The normalized spacial score (nSPS) is 19.7. The number of nitrogens with zero attached hydrogens (tertiary/aromatic N) is 4. The summed E-state index contributed by atoms with van der Waals surface area (Å²) in [6, 6.07) is 3.81. The van der Waals surface area contributed by atoms with Crippen LogP contribution in [0.2, 0.25) is 0 Å². The average Bonchev–Trinajstić information content (AvgIpc) is 3.15. The lowest BCUT2D eigenvalue weighted by atomic mass is 10.0. The fourth-order valence-electron chi connectivity index (χ4n) is 3.93. The van der Waals surface area contributed by atoms with Crippen LogP contribution in [0, 0.1) is 0 Å². The first-order valence-electron chi connectivity index (χ1n) is 10.3. The van der Waals surface area contributed by atoms with Crippen LogP contribution >= 0.6 is 0 Å². The molecule has 3 rings (SSSR count). The van der Waals surface area contributed by atoms with Crippen molar-refractivity contribution in [2.75, 3.05) is 45.5 Å². The van der Waals surface area contributed by atoms with Crippen molar-refractivity contribution in [2.24, 2.45) is 0 Å². The lowest BCUT2D eigenvalue weighted by Crippen LogP contribution is -2.50. The van der Waals surface area contributed by atoms with Crippen LogP contribution < -0.4 is 0 Å². The molecule has 168 valence electrons. The second kappa shape index (κ2) is 8.58. The van der Waals surface area contributed by atoms with E-state index >= 15 is 0 Å². The number of piperidine rings is 1. The Morgan fingerprint density at radius 2 is 1.60 bits per heavy atom. The Balaban J connectivity index is 1.60. The minimum atomic E-state index is -3.23. The zero-order chi connectivity index (χ0) is 22.1. The number of sulfonamides is 1. The molecule has 0 N–H and O–H groups in total. The summed E-state index contributed by atoms with van der Waals surface area (Å²) in [6.45, 7) is 8.12. The number of hydrogen-bond donors (Lipinski definition) is 0. The second-order valence-corrected chi connectivity index (χ2v) is 10.9. The number of carbonyl (C=O) groups is 2. The molecule has 2 saturated heterocycles. The molecule has 30 heavy (non-hydrogen) atoms. The standard InChI is InChI=1S/C20H32N4O5S/c1-20(2,3)29-19(26)22-10-7-16(8-11-22)24-9-5-6-17(24)18(25)21-12-14-23(15-13-21)30(4,27)28/h5-6,9,16H,7-8,10-15H2,1-4H3. The highest BCUT2D eigenvalue weighted by Crippen LogP contribution is 2.26. The lowest BCUT2D eigenvalue weighted by molar-refractivity contribution is 0.0186. The SMILES string of the molecule is CC(C)(C)OC(=O)N1CCC(n2cccc2C(=O)N2CCN(S(C)(=O)=O)CC2)CC1. The van der Waals surface area contributed by atoms with Gasteiger partial charge in [-0.2, -0.15) is 4.31 Å². The average molecular weight is 441 g/mol. The first kappa shape index (κ1) is 22.6. The number of carbonyl (C=O) groups excluding carboxylic acids is 2. The fourth-order valence-corrected chi connectivity index (χ4v) is 4.76. The maximum Gasteiger partial charge on any atom is 0.410 e. The molecule has 0 atom stereocenters. The van der Waals surface area contributed by atoms with Gasteiger partial charge in [0.05, 0.1) is 6.26 Å². The molecule has 1 aromatic heterocycles. The van der Waals surface area contributed by atoms with Crippen molar-refractivity contribution in [1.82, 2.24) is 18.7 Å².